The standard InChI is InChI=1S/C17H33NO2/c1-6-17(4,5)13-8-7-9-14(11-13)18-16(20)15(19)10-12(2)3/h12-15,19H,6-11H2,1-5H3,(H,18,20)/t13-,14+,15+/m1/s1. The van der Waals surface area contributed by atoms with Gasteiger partial charge in [-0.05, 0) is 42.9 Å². The van der Waals surface area contributed by atoms with Crippen molar-refractivity contribution >= 4 is 5.91 Å². The van der Waals surface area contributed by atoms with Gasteiger partial charge in [-0.25, -0.2) is 0 Å². The Morgan fingerprint density at radius 1 is 1.35 bits per heavy atom. The summed E-state index contributed by atoms with van der Waals surface area (Å²) in [6, 6.07) is 0.244. The van der Waals surface area contributed by atoms with Crippen molar-refractivity contribution in [2.75, 3.05) is 0 Å². The Kier molecular flexibility index (Phi) is 6.50. The van der Waals surface area contributed by atoms with Gasteiger partial charge in [0.1, 0.15) is 6.10 Å². The fourth-order valence-electron chi connectivity index (χ4n) is 3.17. The van der Waals surface area contributed by atoms with Crippen molar-refractivity contribution in [3.05, 3.63) is 0 Å². The first-order valence-corrected chi connectivity index (χ1v) is 8.24. The molecule has 1 saturated carbocycles. The molecule has 3 heteroatoms. The minimum Gasteiger partial charge on any atom is -0.383 e. The molecule has 2 N–H and O–H groups in total. The molecule has 0 aromatic heterocycles. The van der Waals surface area contributed by atoms with E-state index in [0.717, 1.165) is 12.8 Å². The number of rotatable bonds is 6. The summed E-state index contributed by atoms with van der Waals surface area (Å²) in [4.78, 5) is 12.0. The fourth-order valence-corrected chi connectivity index (χ4v) is 3.17. The Balaban J connectivity index is 2.50. The van der Waals surface area contributed by atoms with E-state index < -0.39 is 6.10 Å². The minimum atomic E-state index is -0.852. The molecule has 0 unspecified atom stereocenters. The third-order valence-electron chi connectivity index (χ3n) is 5.03. The van der Waals surface area contributed by atoms with Gasteiger partial charge >= 0.3 is 0 Å². The highest BCUT2D eigenvalue weighted by atomic mass is 16.3. The predicted molar refractivity (Wildman–Crippen MR) is 83.4 cm³/mol. The van der Waals surface area contributed by atoms with Crippen LogP contribution in [0.25, 0.3) is 0 Å². The number of hydrogen-bond acceptors (Lipinski definition) is 2. The summed E-state index contributed by atoms with van der Waals surface area (Å²) < 4.78 is 0. The van der Waals surface area contributed by atoms with Crippen molar-refractivity contribution in [1.82, 2.24) is 5.32 Å². The lowest BCUT2D eigenvalue weighted by Crippen LogP contribution is -2.45. The van der Waals surface area contributed by atoms with E-state index in [-0.39, 0.29) is 11.9 Å². The van der Waals surface area contributed by atoms with Crippen LogP contribution in [0.4, 0.5) is 0 Å². The molecular formula is C17H33NO2. The molecule has 1 fully saturated rings. The van der Waals surface area contributed by atoms with Crippen molar-refractivity contribution in [1.29, 1.82) is 0 Å². The molecule has 0 aliphatic heterocycles. The zero-order valence-corrected chi connectivity index (χ0v) is 13.9. The molecule has 0 saturated heterocycles. The van der Waals surface area contributed by atoms with Crippen LogP contribution < -0.4 is 5.32 Å². The van der Waals surface area contributed by atoms with Crippen LogP contribution in [0.15, 0.2) is 0 Å². The van der Waals surface area contributed by atoms with Gasteiger partial charge in [0.05, 0.1) is 0 Å². The van der Waals surface area contributed by atoms with Gasteiger partial charge in [-0.2, -0.15) is 0 Å². The van der Waals surface area contributed by atoms with Gasteiger partial charge in [-0.1, -0.05) is 47.5 Å². The molecule has 1 aliphatic rings. The van der Waals surface area contributed by atoms with Gasteiger partial charge in [0.2, 0.25) is 5.91 Å². The van der Waals surface area contributed by atoms with Gasteiger partial charge in [0.25, 0.3) is 0 Å². The van der Waals surface area contributed by atoms with Gasteiger partial charge in [-0.15, -0.1) is 0 Å². The lowest BCUT2D eigenvalue weighted by Gasteiger charge is -2.40. The quantitative estimate of drug-likeness (QED) is 0.784. The molecule has 1 amide bonds. The second-order valence-corrected chi connectivity index (χ2v) is 7.56. The molecular weight excluding hydrogens is 250 g/mol. The normalized spacial score (nSPS) is 25.6. The van der Waals surface area contributed by atoms with Crippen LogP contribution in [0, 0.1) is 17.3 Å². The van der Waals surface area contributed by atoms with E-state index in [4.69, 9.17) is 0 Å². The van der Waals surface area contributed by atoms with Crippen molar-refractivity contribution in [3.63, 3.8) is 0 Å². The average Bonchev–Trinajstić information content (AvgIpc) is 2.38. The number of hydrogen-bond donors (Lipinski definition) is 2. The molecule has 20 heavy (non-hydrogen) atoms. The summed E-state index contributed by atoms with van der Waals surface area (Å²) in [6.45, 7) is 11.0. The number of aliphatic hydroxyl groups excluding tert-OH is 1. The van der Waals surface area contributed by atoms with Gasteiger partial charge in [0, 0.05) is 6.04 Å². The fraction of sp³-hybridized carbons (Fsp3) is 0.941. The smallest absolute Gasteiger partial charge is 0.249 e. The topological polar surface area (TPSA) is 49.3 Å². The van der Waals surface area contributed by atoms with Crippen LogP contribution in [0.5, 0.6) is 0 Å². The highest BCUT2D eigenvalue weighted by Crippen LogP contribution is 2.40. The van der Waals surface area contributed by atoms with Crippen LogP contribution in [-0.4, -0.2) is 23.2 Å². The van der Waals surface area contributed by atoms with Crippen LogP contribution >= 0.6 is 0 Å². The monoisotopic (exact) mass is 283 g/mol. The van der Waals surface area contributed by atoms with E-state index in [9.17, 15) is 9.90 Å². The van der Waals surface area contributed by atoms with E-state index in [1.165, 1.54) is 19.3 Å². The Morgan fingerprint density at radius 2 is 2.00 bits per heavy atom. The maximum atomic E-state index is 12.0. The van der Waals surface area contributed by atoms with Gasteiger partial charge in [0.15, 0.2) is 0 Å². The molecule has 0 bridgehead atoms. The molecule has 1 aliphatic carbocycles. The molecule has 1 rings (SSSR count). The van der Waals surface area contributed by atoms with E-state index in [1.54, 1.807) is 0 Å². The molecule has 0 spiro atoms. The molecule has 3 nitrogen and oxygen atoms in total. The second kappa shape index (κ2) is 7.44. The number of amides is 1. The first-order chi connectivity index (χ1) is 9.26. The minimum absolute atomic E-state index is 0.182. The Hall–Kier alpha value is -0.570. The maximum Gasteiger partial charge on any atom is 0.249 e. The molecule has 0 aromatic carbocycles. The zero-order valence-electron chi connectivity index (χ0n) is 13.9. The molecule has 0 aromatic rings. The number of aliphatic hydroxyl groups is 1. The van der Waals surface area contributed by atoms with Gasteiger partial charge < -0.3 is 10.4 Å². The Labute approximate surface area is 124 Å². The largest absolute Gasteiger partial charge is 0.383 e. The average molecular weight is 283 g/mol. The lowest BCUT2D eigenvalue weighted by molar-refractivity contribution is -0.131. The number of nitrogens with one attached hydrogen (secondary N) is 1. The molecule has 0 radical (unpaired) electrons. The van der Waals surface area contributed by atoms with E-state index in [2.05, 4.69) is 26.1 Å². The van der Waals surface area contributed by atoms with E-state index in [0.29, 0.717) is 23.7 Å². The van der Waals surface area contributed by atoms with Crippen LogP contribution in [-0.2, 0) is 4.79 Å². The van der Waals surface area contributed by atoms with Crippen molar-refractivity contribution < 1.29 is 9.90 Å². The highest BCUT2D eigenvalue weighted by molar-refractivity contribution is 5.80. The third kappa shape index (κ3) is 5.08. The zero-order chi connectivity index (χ0) is 15.3. The predicted octanol–water partition coefficient (Wildman–Crippen LogP) is 3.50. The first-order valence-electron chi connectivity index (χ1n) is 8.24. The summed E-state index contributed by atoms with van der Waals surface area (Å²) in [6.07, 6.45) is 5.42. The number of carbonyl (C=O) groups excluding carboxylic acids is 1. The van der Waals surface area contributed by atoms with E-state index in [1.807, 2.05) is 13.8 Å². The summed E-state index contributed by atoms with van der Waals surface area (Å²) >= 11 is 0. The summed E-state index contributed by atoms with van der Waals surface area (Å²) in [5, 5.41) is 12.9. The van der Waals surface area contributed by atoms with Crippen molar-refractivity contribution in [2.24, 2.45) is 17.3 Å². The summed E-state index contributed by atoms with van der Waals surface area (Å²) in [7, 11) is 0. The van der Waals surface area contributed by atoms with E-state index >= 15 is 0 Å². The molecule has 0 heterocycles. The maximum absolute atomic E-state index is 12.0. The van der Waals surface area contributed by atoms with Crippen LogP contribution in [0.2, 0.25) is 0 Å². The van der Waals surface area contributed by atoms with Crippen molar-refractivity contribution in [3.8, 4) is 0 Å². The summed E-state index contributed by atoms with van der Waals surface area (Å²) in [5.41, 5.74) is 0.347. The molecule has 3 atom stereocenters. The second-order valence-electron chi connectivity index (χ2n) is 7.56. The Bertz CT molecular complexity index is 312. The first kappa shape index (κ1) is 17.5. The SMILES string of the molecule is CCC(C)(C)[C@@H]1CCC[C@H](NC(=O)[C@@H](O)CC(C)C)C1. The van der Waals surface area contributed by atoms with Crippen LogP contribution in [0.3, 0.4) is 0 Å². The highest BCUT2D eigenvalue weighted by Gasteiger charge is 2.33. The summed E-state index contributed by atoms with van der Waals surface area (Å²) in [5.74, 6) is 0.835. The van der Waals surface area contributed by atoms with Crippen LogP contribution in [0.1, 0.15) is 73.1 Å². The third-order valence-corrected chi connectivity index (χ3v) is 5.03. The molecule has 118 valence electrons. The van der Waals surface area contributed by atoms with Gasteiger partial charge in [-0.3, -0.25) is 4.79 Å². The number of carbonyl (C=O) groups is 1. The Morgan fingerprint density at radius 3 is 2.55 bits per heavy atom. The lowest BCUT2D eigenvalue weighted by atomic mass is 9.68. The van der Waals surface area contributed by atoms with Crippen molar-refractivity contribution in [2.45, 2.75) is 85.3 Å².